The lowest BCUT2D eigenvalue weighted by molar-refractivity contribution is 0.0490. The summed E-state index contributed by atoms with van der Waals surface area (Å²) in [4.78, 5) is 30.8. The van der Waals surface area contributed by atoms with Crippen LogP contribution in [0.15, 0.2) is 47.5 Å². The fourth-order valence-electron chi connectivity index (χ4n) is 3.05. The number of rotatable bonds is 9. The Balaban J connectivity index is 1.66. The van der Waals surface area contributed by atoms with E-state index in [1.807, 2.05) is 29.2 Å². The summed E-state index contributed by atoms with van der Waals surface area (Å²) in [5, 5.41) is 0. The van der Waals surface area contributed by atoms with Gasteiger partial charge in [0.15, 0.2) is 0 Å². The van der Waals surface area contributed by atoms with E-state index in [9.17, 15) is 9.59 Å². The van der Waals surface area contributed by atoms with Gasteiger partial charge in [-0.25, -0.2) is 14.6 Å². The first-order chi connectivity index (χ1) is 14.6. The number of benzene rings is 2. The molecule has 0 bridgehead atoms. The number of hydrogen-bond acceptors (Lipinski definition) is 6. The Labute approximate surface area is 177 Å². The molecule has 0 amide bonds. The van der Waals surface area contributed by atoms with Gasteiger partial charge in [-0.3, -0.25) is 0 Å². The molecule has 6 nitrogen and oxygen atoms in total. The second kappa shape index (κ2) is 10.6. The van der Waals surface area contributed by atoms with Crippen molar-refractivity contribution in [2.75, 3.05) is 18.1 Å². The van der Waals surface area contributed by atoms with E-state index in [2.05, 4.69) is 18.8 Å². The van der Waals surface area contributed by atoms with Crippen LogP contribution >= 0.6 is 0 Å². The smallest absolute Gasteiger partial charge is 0.338 e. The fourth-order valence-corrected chi connectivity index (χ4v) is 3.05. The number of esters is 2. The van der Waals surface area contributed by atoms with Crippen molar-refractivity contribution >= 4 is 29.7 Å². The minimum Gasteiger partial charge on any atom is -0.462 e. The molecule has 0 N–H and O–H groups in total. The number of hydrogen-bond donors (Lipinski definition) is 0. The molecule has 0 fully saturated rings. The van der Waals surface area contributed by atoms with Crippen LogP contribution in [0.5, 0.6) is 0 Å². The maximum absolute atomic E-state index is 12.2. The Bertz CT molecular complexity index is 906. The van der Waals surface area contributed by atoms with Crippen LogP contribution < -0.4 is 4.90 Å². The summed E-state index contributed by atoms with van der Waals surface area (Å²) >= 11 is 0. The lowest BCUT2D eigenvalue weighted by atomic mass is 10.1. The molecule has 0 radical (unpaired) electrons. The summed E-state index contributed by atoms with van der Waals surface area (Å²) in [5.74, 6) is -0.614. The standard InChI is InChI=1S/C24H28N2O4/c1-3-5-13-29-23(27)18-7-10-21(11-8-18)26-16-20-15-19(9-12-22(20)25-17-26)24(28)30-14-6-4-2/h7-12,15,17H,3-6,13-14,16H2,1-2H3. The van der Waals surface area contributed by atoms with Gasteiger partial charge in [0.2, 0.25) is 0 Å². The molecule has 0 unspecified atom stereocenters. The first kappa shape index (κ1) is 21.6. The van der Waals surface area contributed by atoms with Crippen LogP contribution in [0.1, 0.15) is 65.8 Å². The molecule has 6 heteroatoms. The number of unbranched alkanes of at least 4 members (excludes halogenated alkanes) is 2. The molecule has 0 atom stereocenters. The lowest BCUT2D eigenvalue weighted by Crippen LogP contribution is -2.23. The molecular formula is C24H28N2O4. The van der Waals surface area contributed by atoms with Crippen LogP contribution in [0.4, 0.5) is 11.4 Å². The maximum Gasteiger partial charge on any atom is 0.338 e. The van der Waals surface area contributed by atoms with Gasteiger partial charge in [0.25, 0.3) is 0 Å². The molecule has 1 heterocycles. The van der Waals surface area contributed by atoms with Gasteiger partial charge < -0.3 is 14.4 Å². The van der Waals surface area contributed by atoms with Crippen molar-refractivity contribution in [2.24, 2.45) is 4.99 Å². The second-order valence-corrected chi connectivity index (χ2v) is 7.24. The van der Waals surface area contributed by atoms with Crippen molar-refractivity contribution in [2.45, 2.75) is 46.1 Å². The summed E-state index contributed by atoms with van der Waals surface area (Å²) < 4.78 is 10.6. The van der Waals surface area contributed by atoms with E-state index in [4.69, 9.17) is 9.47 Å². The van der Waals surface area contributed by atoms with Gasteiger partial charge >= 0.3 is 11.9 Å². The highest BCUT2D eigenvalue weighted by molar-refractivity contribution is 5.92. The van der Waals surface area contributed by atoms with E-state index >= 15 is 0 Å². The first-order valence-corrected chi connectivity index (χ1v) is 10.5. The number of carbonyl (C=O) groups excluding carboxylic acids is 2. The minimum absolute atomic E-state index is 0.307. The Kier molecular flexibility index (Phi) is 7.60. The molecule has 30 heavy (non-hydrogen) atoms. The molecule has 0 saturated carbocycles. The average Bonchev–Trinajstić information content (AvgIpc) is 2.78. The van der Waals surface area contributed by atoms with Crippen molar-refractivity contribution in [3.63, 3.8) is 0 Å². The average molecular weight is 408 g/mol. The van der Waals surface area contributed by atoms with Gasteiger partial charge in [-0.15, -0.1) is 0 Å². The fraction of sp³-hybridized carbons (Fsp3) is 0.375. The molecule has 2 aromatic rings. The molecule has 0 aliphatic carbocycles. The van der Waals surface area contributed by atoms with E-state index in [-0.39, 0.29) is 11.9 Å². The third-order valence-corrected chi connectivity index (χ3v) is 4.89. The third-order valence-electron chi connectivity index (χ3n) is 4.89. The molecule has 0 spiro atoms. The van der Waals surface area contributed by atoms with Gasteiger partial charge in [0.1, 0.15) is 0 Å². The Morgan fingerprint density at radius 1 is 0.900 bits per heavy atom. The number of ether oxygens (including phenoxy) is 2. The van der Waals surface area contributed by atoms with Crippen LogP contribution in [-0.2, 0) is 16.0 Å². The van der Waals surface area contributed by atoms with Gasteiger partial charge in [-0.1, -0.05) is 26.7 Å². The SMILES string of the molecule is CCCCOC(=O)c1ccc(N2C=Nc3ccc(C(=O)OCCCC)cc3C2)cc1. The Hall–Kier alpha value is -3.15. The highest BCUT2D eigenvalue weighted by Gasteiger charge is 2.17. The monoisotopic (exact) mass is 408 g/mol. The van der Waals surface area contributed by atoms with Crippen molar-refractivity contribution in [1.82, 2.24) is 0 Å². The van der Waals surface area contributed by atoms with E-state index < -0.39 is 0 Å². The van der Waals surface area contributed by atoms with Crippen LogP contribution in [0.2, 0.25) is 0 Å². The topological polar surface area (TPSA) is 68.2 Å². The molecule has 0 saturated heterocycles. The number of nitrogens with zero attached hydrogens (tertiary/aromatic N) is 2. The van der Waals surface area contributed by atoms with Crippen molar-refractivity contribution in [3.05, 3.63) is 59.2 Å². The van der Waals surface area contributed by atoms with E-state index in [0.717, 1.165) is 42.6 Å². The lowest BCUT2D eigenvalue weighted by Gasteiger charge is -2.25. The molecule has 1 aliphatic rings. The Morgan fingerprint density at radius 3 is 2.13 bits per heavy atom. The first-order valence-electron chi connectivity index (χ1n) is 10.5. The van der Waals surface area contributed by atoms with Crippen molar-refractivity contribution in [3.8, 4) is 0 Å². The molecular weight excluding hydrogens is 380 g/mol. The van der Waals surface area contributed by atoms with E-state index in [0.29, 0.717) is 30.9 Å². The summed E-state index contributed by atoms with van der Waals surface area (Å²) in [6.45, 7) is 5.57. The number of anilines is 1. The maximum atomic E-state index is 12.2. The zero-order valence-electron chi connectivity index (χ0n) is 17.6. The van der Waals surface area contributed by atoms with Crippen molar-refractivity contribution in [1.29, 1.82) is 0 Å². The summed E-state index contributed by atoms with van der Waals surface area (Å²) in [6, 6.07) is 12.7. The summed E-state index contributed by atoms with van der Waals surface area (Å²) in [5.41, 5.74) is 3.76. The van der Waals surface area contributed by atoms with Crippen LogP contribution in [-0.4, -0.2) is 31.5 Å². The van der Waals surface area contributed by atoms with Gasteiger partial charge in [0, 0.05) is 5.69 Å². The van der Waals surface area contributed by atoms with Gasteiger partial charge in [-0.05, 0) is 60.9 Å². The molecule has 0 aromatic heterocycles. The van der Waals surface area contributed by atoms with Gasteiger partial charge in [0.05, 0.1) is 42.9 Å². The number of aliphatic imine (C=N–C) groups is 1. The zero-order chi connectivity index (χ0) is 21.3. The molecule has 1 aliphatic heterocycles. The quantitative estimate of drug-likeness (QED) is 0.417. The minimum atomic E-state index is -0.307. The molecule has 3 rings (SSSR count). The van der Waals surface area contributed by atoms with E-state index in [1.54, 1.807) is 24.5 Å². The highest BCUT2D eigenvalue weighted by Crippen LogP contribution is 2.28. The number of fused-ring (bicyclic) bond motifs is 1. The molecule has 158 valence electrons. The van der Waals surface area contributed by atoms with Crippen LogP contribution in [0.3, 0.4) is 0 Å². The zero-order valence-corrected chi connectivity index (χ0v) is 17.6. The summed E-state index contributed by atoms with van der Waals surface area (Å²) in [6.07, 6.45) is 5.45. The normalized spacial score (nSPS) is 12.4. The van der Waals surface area contributed by atoms with Gasteiger partial charge in [-0.2, -0.15) is 0 Å². The van der Waals surface area contributed by atoms with Crippen molar-refractivity contribution < 1.29 is 19.1 Å². The summed E-state index contributed by atoms with van der Waals surface area (Å²) in [7, 11) is 0. The second-order valence-electron chi connectivity index (χ2n) is 7.24. The number of carbonyl (C=O) groups is 2. The highest BCUT2D eigenvalue weighted by atomic mass is 16.5. The predicted octanol–water partition coefficient (Wildman–Crippen LogP) is 5.28. The third kappa shape index (κ3) is 5.47. The van der Waals surface area contributed by atoms with E-state index in [1.165, 1.54) is 0 Å². The predicted molar refractivity (Wildman–Crippen MR) is 118 cm³/mol. The Morgan fingerprint density at radius 2 is 1.50 bits per heavy atom. The van der Waals surface area contributed by atoms with Crippen LogP contribution in [0.25, 0.3) is 0 Å². The van der Waals surface area contributed by atoms with Crippen LogP contribution in [0, 0.1) is 0 Å². The largest absolute Gasteiger partial charge is 0.462 e. The molecule has 2 aromatic carbocycles.